The summed E-state index contributed by atoms with van der Waals surface area (Å²) in [7, 11) is 1.46. The number of benzene rings is 1. The van der Waals surface area contributed by atoms with E-state index in [0.717, 1.165) is 12.0 Å². The Hall–Kier alpha value is -1.02. The molecule has 0 unspecified atom stereocenters. The maximum absolute atomic E-state index is 13.8. The topological polar surface area (TPSA) is 9.23 Å². The van der Waals surface area contributed by atoms with Gasteiger partial charge in [0.05, 0.1) is 7.11 Å². The lowest BCUT2D eigenvalue weighted by Gasteiger charge is -2.07. The summed E-state index contributed by atoms with van der Waals surface area (Å²) in [6.07, 6.45) is 2.66. The molecule has 1 aromatic carbocycles. The minimum Gasteiger partial charge on any atom is -0.494 e. The van der Waals surface area contributed by atoms with E-state index in [1.165, 1.54) is 7.11 Å². The highest BCUT2D eigenvalue weighted by Gasteiger charge is 2.08. The summed E-state index contributed by atoms with van der Waals surface area (Å²) in [5, 5.41) is 0. The fraction of sp³-hybridized carbons (Fsp3) is 0.333. The molecule has 0 saturated heterocycles. The monoisotopic (exact) mass is 228 g/mol. The van der Waals surface area contributed by atoms with Crippen molar-refractivity contribution in [2.24, 2.45) is 0 Å². The molecule has 0 amide bonds. The number of halogens is 2. The summed E-state index contributed by atoms with van der Waals surface area (Å²) in [6, 6.07) is 5.11. The molecule has 0 fully saturated rings. The van der Waals surface area contributed by atoms with Gasteiger partial charge in [0.2, 0.25) is 0 Å². The van der Waals surface area contributed by atoms with Crippen LogP contribution in [-0.4, -0.2) is 13.0 Å². The van der Waals surface area contributed by atoms with Gasteiger partial charge >= 0.3 is 0 Å². The van der Waals surface area contributed by atoms with Crippen LogP contribution in [0.5, 0.6) is 5.75 Å². The van der Waals surface area contributed by atoms with E-state index < -0.39 is 0 Å². The quantitative estimate of drug-likeness (QED) is 0.711. The molecular weight excluding hydrogens is 215 g/mol. The second-order valence-electron chi connectivity index (χ2n) is 3.19. The van der Waals surface area contributed by atoms with E-state index in [1.807, 2.05) is 13.0 Å². The van der Waals surface area contributed by atoms with Crippen LogP contribution in [0.2, 0.25) is 0 Å². The molecule has 0 bridgehead atoms. The number of hydrogen-bond acceptors (Lipinski definition) is 1. The maximum Gasteiger partial charge on any atom is 0.172 e. The van der Waals surface area contributed by atoms with Gasteiger partial charge in [-0.1, -0.05) is 18.2 Å². The third-order valence-electron chi connectivity index (χ3n) is 2.17. The third kappa shape index (κ3) is 2.96. The van der Waals surface area contributed by atoms with E-state index >= 15 is 0 Å². The van der Waals surface area contributed by atoms with Crippen LogP contribution >= 0.6 is 11.6 Å². The molecule has 0 aromatic heterocycles. The Balaban J connectivity index is 3.03. The second kappa shape index (κ2) is 5.76. The van der Waals surface area contributed by atoms with Gasteiger partial charge in [-0.3, -0.25) is 0 Å². The molecule has 0 aliphatic heterocycles. The lowest BCUT2D eigenvalue weighted by atomic mass is 10.1. The van der Waals surface area contributed by atoms with E-state index in [4.69, 9.17) is 16.3 Å². The second-order valence-corrected chi connectivity index (χ2v) is 3.56. The highest BCUT2D eigenvalue weighted by atomic mass is 35.5. The Morgan fingerprint density at radius 2 is 2.27 bits per heavy atom. The van der Waals surface area contributed by atoms with Crippen molar-refractivity contribution in [2.45, 2.75) is 13.3 Å². The molecule has 0 aliphatic carbocycles. The number of methoxy groups -OCH3 is 1. The first-order valence-electron chi connectivity index (χ1n) is 4.76. The minimum atomic E-state index is -0.316. The zero-order valence-electron chi connectivity index (χ0n) is 8.89. The van der Waals surface area contributed by atoms with Gasteiger partial charge in [-0.2, -0.15) is 0 Å². The van der Waals surface area contributed by atoms with E-state index in [0.29, 0.717) is 11.4 Å². The fourth-order valence-corrected chi connectivity index (χ4v) is 1.46. The van der Waals surface area contributed by atoms with E-state index in [2.05, 4.69) is 0 Å². The van der Waals surface area contributed by atoms with Gasteiger partial charge in [0.25, 0.3) is 0 Å². The first-order chi connectivity index (χ1) is 7.20. The average Bonchev–Trinajstić information content (AvgIpc) is 2.26. The van der Waals surface area contributed by atoms with E-state index in [9.17, 15) is 4.39 Å². The standard InChI is InChI=1S/C12H14ClFO/c1-9(5-4-8-13)10-6-3-7-11(15-2)12(10)14/h3,5-7H,4,8H2,1-2H3/b9-5+. The zero-order chi connectivity index (χ0) is 11.3. The van der Waals surface area contributed by atoms with Crippen molar-refractivity contribution in [1.29, 1.82) is 0 Å². The average molecular weight is 229 g/mol. The highest BCUT2D eigenvalue weighted by Crippen LogP contribution is 2.25. The predicted molar refractivity (Wildman–Crippen MR) is 61.9 cm³/mol. The zero-order valence-corrected chi connectivity index (χ0v) is 9.64. The molecule has 1 nitrogen and oxygen atoms in total. The van der Waals surface area contributed by atoms with Crippen LogP contribution in [0, 0.1) is 5.82 Å². The number of allylic oxidation sites excluding steroid dienone is 2. The molecule has 0 radical (unpaired) electrons. The summed E-state index contributed by atoms with van der Waals surface area (Å²) in [4.78, 5) is 0. The number of alkyl halides is 1. The summed E-state index contributed by atoms with van der Waals surface area (Å²) >= 11 is 5.57. The highest BCUT2D eigenvalue weighted by molar-refractivity contribution is 6.17. The Morgan fingerprint density at radius 3 is 2.87 bits per heavy atom. The molecule has 0 spiro atoms. The van der Waals surface area contributed by atoms with Gasteiger partial charge in [-0.25, -0.2) is 4.39 Å². The lowest BCUT2D eigenvalue weighted by molar-refractivity contribution is 0.386. The normalized spacial score (nSPS) is 11.6. The number of rotatable bonds is 4. The van der Waals surface area contributed by atoms with Crippen molar-refractivity contribution in [3.63, 3.8) is 0 Å². The third-order valence-corrected chi connectivity index (χ3v) is 2.39. The number of ether oxygens (including phenoxy) is 1. The summed E-state index contributed by atoms with van der Waals surface area (Å²) in [5.41, 5.74) is 1.45. The van der Waals surface area contributed by atoms with Crippen molar-refractivity contribution in [3.05, 3.63) is 35.7 Å². The predicted octanol–water partition coefficient (Wildman–Crippen LogP) is 3.87. The Labute approximate surface area is 94.5 Å². The van der Waals surface area contributed by atoms with Crippen LogP contribution in [0.25, 0.3) is 5.57 Å². The SMILES string of the molecule is COc1cccc(/C(C)=C/CCCl)c1F. The molecular formula is C12H14ClFO. The lowest BCUT2D eigenvalue weighted by Crippen LogP contribution is -1.93. The van der Waals surface area contributed by atoms with Crippen molar-refractivity contribution in [1.82, 2.24) is 0 Å². The maximum atomic E-state index is 13.8. The molecule has 1 rings (SSSR count). The Bertz CT molecular complexity index is 361. The molecule has 15 heavy (non-hydrogen) atoms. The van der Waals surface area contributed by atoms with Crippen molar-refractivity contribution in [2.75, 3.05) is 13.0 Å². The van der Waals surface area contributed by atoms with Crippen molar-refractivity contribution in [3.8, 4) is 5.75 Å². The molecule has 0 saturated carbocycles. The fourth-order valence-electron chi connectivity index (χ4n) is 1.35. The van der Waals surface area contributed by atoms with Gasteiger partial charge in [-0.15, -0.1) is 11.6 Å². The largest absolute Gasteiger partial charge is 0.494 e. The van der Waals surface area contributed by atoms with Crippen LogP contribution in [0.15, 0.2) is 24.3 Å². The summed E-state index contributed by atoms with van der Waals surface area (Å²) < 4.78 is 18.7. The van der Waals surface area contributed by atoms with Gasteiger partial charge in [-0.05, 0) is 25.0 Å². The number of hydrogen-bond donors (Lipinski definition) is 0. The van der Waals surface area contributed by atoms with Crippen molar-refractivity contribution < 1.29 is 9.13 Å². The summed E-state index contributed by atoms with van der Waals surface area (Å²) in [6.45, 7) is 1.87. The molecule has 3 heteroatoms. The molecule has 0 N–H and O–H groups in total. The van der Waals surface area contributed by atoms with Gasteiger partial charge in [0.15, 0.2) is 11.6 Å². The Kier molecular flexibility index (Phi) is 4.63. The summed E-state index contributed by atoms with van der Waals surface area (Å²) in [5.74, 6) is 0.498. The molecule has 0 aliphatic rings. The van der Waals surface area contributed by atoms with E-state index in [1.54, 1.807) is 18.2 Å². The molecule has 1 aromatic rings. The Morgan fingerprint density at radius 1 is 1.53 bits per heavy atom. The molecule has 82 valence electrons. The van der Waals surface area contributed by atoms with E-state index in [-0.39, 0.29) is 11.6 Å². The van der Waals surface area contributed by atoms with Gasteiger partial charge in [0, 0.05) is 11.4 Å². The van der Waals surface area contributed by atoms with Crippen LogP contribution in [0.4, 0.5) is 4.39 Å². The minimum absolute atomic E-state index is 0.270. The van der Waals surface area contributed by atoms with Crippen LogP contribution in [0.1, 0.15) is 18.9 Å². The van der Waals surface area contributed by atoms with Gasteiger partial charge < -0.3 is 4.74 Å². The van der Waals surface area contributed by atoms with Crippen LogP contribution < -0.4 is 4.74 Å². The molecule has 0 heterocycles. The van der Waals surface area contributed by atoms with Crippen molar-refractivity contribution >= 4 is 17.2 Å². The molecule has 0 atom stereocenters. The first-order valence-corrected chi connectivity index (χ1v) is 5.29. The smallest absolute Gasteiger partial charge is 0.172 e. The van der Waals surface area contributed by atoms with Crippen LogP contribution in [0.3, 0.4) is 0 Å². The van der Waals surface area contributed by atoms with Gasteiger partial charge in [0.1, 0.15) is 0 Å². The first kappa shape index (κ1) is 12.1. The van der Waals surface area contributed by atoms with Crippen LogP contribution in [-0.2, 0) is 0 Å².